The largest absolute Gasteiger partial charge is 0.435 e. The van der Waals surface area contributed by atoms with Crippen molar-refractivity contribution in [2.24, 2.45) is 0 Å². The van der Waals surface area contributed by atoms with E-state index in [0.717, 1.165) is 5.69 Å². The first-order valence-corrected chi connectivity index (χ1v) is 7.96. The quantitative estimate of drug-likeness (QED) is 0.738. The van der Waals surface area contributed by atoms with E-state index in [1.165, 1.54) is 23.5 Å². The molecule has 3 aromatic rings. The first-order chi connectivity index (χ1) is 11.5. The highest BCUT2D eigenvalue weighted by atomic mass is 32.1. The van der Waals surface area contributed by atoms with Gasteiger partial charge in [0, 0.05) is 24.9 Å². The predicted octanol–water partition coefficient (Wildman–Crippen LogP) is 3.43. The van der Waals surface area contributed by atoms with Crippen LogP contribution in [0.2, 0.25) is 0 Å². The first-order valence-electron chi connectivity index (χ1n) is 7.15. The van der Waals surface area contributed by atoms with Gasteiger partial charge in [-0.05, 0) is 31.2 Å². The third kappa shape index (κ3) is 3.85. The molecule has 0 fully saturated rings. The summed E-state index contributed by atoms with van der Waals surface area (Å²) in [5, 5.41) is 7.24. The number of nitrogens with one attached hydrogen (secondary N) is 1. The predicted molar refractivity (Wildman–Crippen MR) is 86.5 cm³/mol. The van der Waals surface area contributed by atoms with Crippen molar-refractivity contribution >= 4 is 32.6 Å². The number of aromatic nitrogens is 3. The highest BCUT2D eigenvalue weighted by molar-refractivity contribution is 7.22. The standard InChI is InChI=1S/C15H14F2N4O2S/c1-9-4-6-18-21(9)7-5-13(22)20-15-19-11-3-2-10(23-14(16)17)8-12(11)24-15/h2-4,6,8,14H,5,7H2,1H3,(H,19,20,22). The topological polar surface area (TPSA) is 69.0 Å². The second kappa shape index (κ2) is 6.91. The molecule has 1 aromatic carbocycles. The van der Waals surface area contributed by atoms with Crippen molar-refractivity contribution in [1.29, 1.82) is 0 Å². The lowest BCUT2D eigenvalue weighted by molar-refractivity contribution is -0.116. The molecule has 0 aliphatic rings. The molecule has 1 amide bonds. The van der Waals surface area contributed by atoms with Crippen molar-refractivity contribution in [1.82, 2.24) is 14.8 Å². The van der Waals surface area contributed by atoms with E-state index < -0.39 is 6.61 Å². The first kappa shape index (κ1) is 16.3. The Kier molecular flexibility index (Phi) is 4.70. The fourth-order valence-electron chi connectivity index (χ4n) is 2.16. The van der Waals surface area contributed by atoms with E-state index in [0.29, 0.717) is 21.9 Å². The van der Waals surface area contributed by atoms with Crippen LogP contribution in [0.3, 0.4) is 0 Å². The zero-order valence-electron chi connectivity index (χ0n) is 12.7. The smallest absolute Gasteiger partial charge is 0.387 e. The van der Waals surface area contributed by atoms with Gasteiger partial charge in [-0.2, -0.15) is 13.9 Å². The summed E-state index contributed by atoms with van der Waals surface area (Å²) in [5.74, 6) is -0.124. The fourth-order valence-corrected chi connectivity index (χ4v) is 3.07. The molecule has 0 spiro atoms. The number of benzene rings is 1. The number of hydrogen-bond acceptors (Lipinski definition) is 5. The third-order valence-corrected chi connectivity index (χ3v) is 4.24. The number of hydrogen-bond donors (Lipinski definition) is 1. The lowest BCUT2D eigenvalue weighted by Crippen LogP contribution is -2.15. The minimum Gasteiger partial charge on any atom is -0.435 e. The van der Waals surface area contributed by atoms with Gasteiger partial charge < -0.3 is 10.1 Å². The monoisotopic (exact) mass is 352 g/mol. The molecule has 0 saturated heterocycles. The molecule has 126 valence electrons. The van der Waals surface area contributed by atoms with Gasteiger partial charge in [0.1, 0.15) is 5.75 Å². The van der Waals surface area contributed by atoms with Crippen molar-refractivity contribution in [3.8, 4) is 5.75 Å². The fraction of sp³-hybridized carbons (Fsp3) is 0.267. The minimum atomic E-state index is -2.87. The Morgan fingerprint density at radius 2 is 2.25 bits per heavy atom. The molecule has 0 saturated carbocycles. The summed E-state index contributed by atoms with van der Waals surface area (Å²) in [4.78, 5) is 16.3. The van der Waals surface area contributed by atoms with Gasteiger partial charge in [-0.15, -0.1) is 0 Å². The Labute approximate surface area is 140 Å². The van der Waals surface area contributed by atoms with E-state index in [1.54, 1.807) is 16.9 Å². The molecule has 2 heterocycles. The summed E-state index contributed by atoms with van der Waals surface area (Å²) in [7, 11) is 0. The summed E-state index contributed by atoms with van der Waals surface area (Å²) in [5.41, 5.74) is 1.59. The zero-order valence-corrected chi connectivity index (χ0v) is 13.5. The van der Waals surface area contributed by atoms with Crippen LogP contribution in [0.1, 0.15) is 12.1 Å². The van der Waals surface area contributed by atoms with Gasteiger partial charge in [0.05, 0.1) is 10.2 Å². The maximum atomic E-state index is 12.2. The van der Waals surface area contributed by atoms with Crippen molar-refractivity contribution in [3.05, 3.63) is 36.2 Å². The number of carbonyl (C=O) groups excluding carboxylic acids is 1. The number of thiazole rings is 1. The van der Waals surface area contributed by atoms with Crippen LogP contribution in [0.4, 0.5) is 13.9 Å². The van der Waals surface area contributed by atoms with Crippen LogP contribution in [0.5, 0.6) is 5.75 Å². The van der Waals surface area contributed by atoms with E-state index in [4.69, 9.17) is 0 Å². The van der Waals surface area contributed by atoms with Crippen molar-refractivity contribution in [2.75, 3.05) is 5.32 Å². The Bertz CT molecular complexity index is 862. The molecule has 0 aliphatic carbocycles. The number of halogens is 2. The zero-order chi connectivity index (χ0) is 17.1. The molecule has 1 N–H and O–H groups in total. The van der Waals surface area contributed by atoms with Crippen LogP contribution in [0.25, 0.3) is 10.2 Å². The van der Waals surface area contributed by atoms with Crippen molar-refractivity contribution in [2.45, 2.75) is 26.5 Å². The molecule has 0 unspecified atom stereocenters. The number of fused-ring (bicyclic) bond motifs is 1. The summed E-state index contributed by atoms with van der Waals surface area (Å²) < 4.78 is 31.2. The Morgan fingerprint density at radius 1 is 1.42 bits per heavy atom. The summed E-state index contributed by atoms with van der Waals surface area (Å²) in [6, 6.07) is 6.33. The van der Waals surface area contributed by atoms with Crippen LogP contribution in [-0.4, -0.2) is 27.3 Å². The molecule has 24 heavy (non-hydrogen) atoms. The summed E-state index contributed by atoms with van der Waals surface area (Å²) in [6.07, 6.45) is 1.94. The van der Waals surface area contributed by atoms with Crippen LogP contribution in [-0.2, 0) is 11.3 Å². The van der Waals surface area contributed by atoms with Gasteiger partial charge in [0.25, 0.3) is 0 Å². The average Bonchev–Trinajstić information content (AvgIpc) is 3.09. The van der Waals surface area contributed by atoms with E-state index >= 15 is 0 Å². The minimum absolute atomic E-state index is 0.0631. The number of amides is 1. The summed E-state index contributed by atoms with van der Waals surface area (Å²) in [6.45, 7) is -0.486. The number of carbonyl (C=O) groups is 1. The SMILES string of the molecule is Cc1ccnn1CCC(=O)Nc1nc2ccc(OC(F)F)cc2s1. The average molecular weight is 352 g/mol. The van der Waals surface area contributed by atoms with Gasteiger partial charge >= 0.3 is 6.61 Å². The molecule has 2 aromatic heterocycles. The normalized spacial score (nSPS) is 11.2. The Hall–Kier alpha value is -2.55. The Morgan fingerprint density at radius 3 is 2.96 bits per heavy atom. The van der Waals surface area contributed by atoms with Crippen molar-refractivity contribution < 1.29 is 18.3 Å². The highest BCUT2D eigenvalue weighted by Crippen LogP contribution is 2.29. The Balaban J connectivity index is 1.64. The third-order valence-electron chi connectivity index (χ3n) is 3.31. The summed E-state index contributed by atoms with van der Waals surface area (Å²) >= 11 is 1.20. The number of ether oxygens (including phenoxy) is 1. The molecule has 0 radical (unpaired) electrons. The highest BCUT2D eigenvalue weighted by Gasteiger charge is 2.11. The van der Waals surface area contributed by atoms with E-state index in [1.807, 2.05) is 13.0 Å². The van der Waals surface area contributed by atoms with Gasteiger partial charge in [0.2, 0.25) is 5.91 Å². The number of alkyl halides is 2. The van der Waals surface area contributed by atoms with Gasteiger partial charge in [-0.3, -0.25) is 9.48 Å². The number of rotatable bonds is 6. The lowest BCUT2D eigenvalue weighted by atomic mass is 10.3. The van der Waals surface area contributed by atoms with Gasteiger partial charge in [-0.25, -0.2) is 4.98 Å². The number of aryl methyl sites for hydroxylation is 2. The maximum absolute atomic E-state index is 12.2. The van der Waals surface area contributed by atoms with Gasteiger partial charge in [0.15, 0.2) is 5.13 Å². The molecule has 0 atom stereocenters. The van der Waals surface area contributed by atoms with Crippen molar-refractivity contribution in [3.63, 3.8) is 0 Å². The van der Waals surface area contributed by atoms with E-state index in [2.05, 4.69) is 20.1 Å². The molecular weight excluding hydrogens is 338 g/mol. The molecular formula is C15H14F2N4O2S. The van der Waals surface area contributed by atoms with E-state index in [-0.39, 0.29) is 18.1 Å². The molecule has 9 heteroatoms. The van der Waals surface area contributed by atoms with Crippen LogP contribution in [0.15, 0.2) is 30.5 Å². The second-order valence-corrected chi connectivity index (χ2v) is 6.05. The van der Waals surface area contributed by atoms with Crippen LogP contribution >= 0.6 is 11.3 Å². The van der Waals surface area contributed by atoms with Gasteiger partial charge in [-0.1, -0.05) is 11.3 Å². The maximum Gasteiger partial charge on any atom is 0.387 e. The lowest BCUT2D eigenvalue weighted by Gasteiger charge is -2.04. The van der Waals surface area contributed by atoms with E-state index in [9.17, 15) is 13.6 Å². The molecule has 6 nitrogen and oxygen atoms in total. The number of anilines is 1. The molecule has 0 bridgehead atoms. The molecule has 3 rings (SSSR count). The molecule has 0 aliphatic heterocycles. The second-order valence-electron chi connectivity index (χ2n) is 5.02. The van der Waals surface area contributed by atoms with Crippen LogP contribution < -0.4 is 10.1 Å². The van der Waals surface area contributed by atoms with Crippen LogP contribution in [0, 0.1) is 6.92 Å². The number of nitrogens with zero attached hydrogens (tertiary/aromatic N) is 3.